The Kier molecular flexibility index (Phi) is 5.98. The quantitative estimate of drug-likeness (QED) is 0.849. The fourth-order valence-electron chi connectivity index (χ4n) is 2.22. The summed E-state index contributed by atoms with van der Waals surface area (Å²) in [5.74, 6) is 0.111. The normalized spacial score (nSPS) is 10.2. The molecule has 0 saturated heterocycles. The van der Waals surface area contributed by atoms with Crippen LogP contribution in [-0.4, -0.2) is 37.4 Å². The average molecular weight is 391 g/mol. The van der Waals surface area contributed by atoms with Crippen molar-refractivity contribution in [3.8, 4) is 5.75 Å². The van der Waals surface area contributed by atoms with E-state index in [9.17, 15) is 9.59 Å². The lowest BCUT2D eigenvalue weighted by Crippen LogP contribution is -2.35. The van der Waals surface area contributed by atoms with Crippen LogP contribution in [0.15, 0.2) is 46.9 Å². The monoisotopic (exact) mass is 390 g/mol. The summed E-state index contributed by atoms with van der Waals surface area (Å²) in [6.45, 7) is 1.87. The van der Waals surface area contributed by atoms with Gasteiger partial charge >= 0.3 is 0 Å². The molecule has 2 rings (SSSR count). The Morgan fingerprint density at radius 2 is 1.96 bits per heavy atom. The van der Waals surface area contributed by atoms with Gasteiger partial charge < -0.3 is 15.0 Å². The fraction of sp³-hybridized carbons (Fsp3) is 0.222. The molecule has 6 heteroatoms. The minimum absolute atomic E-state index is 0.0362. The van der Waals surface area contributed by atoms with E-state index in [4.69, 9.17) is 4.74 Å². The smallest absolute Gasteiger partial charge is 0.254 e. The molecule has 5 nitrogen and oxygen atoms in total. The summed E-state index contributed by atoms with van der Waals surface area (Å²) in [5.41, 5.74) is 2.15. The second kappa shape index (κ2) is 7.97. The molecule has 0 aliphatic rings. The van der Waals surface area contributed by atoms with Crippen LogP contribution in [0.25, 0.3) is 0 Å². The molecule has 0 spiro atoms. The Bertz CT molecular complexity index is 762. The number of methoxy groups -OCH3 is 1. The fourth-order valence-corrected chi connectivity index (χ4v) is 2.70. The minimum Gasteiger partial charge on any atom is -0.497 e. The van der Waals surface area contributed by atoms with E-state index in [1.54, 1.807) is 38.4 Å². The molecule has 0 atom stereocenters. The summed E-state index contributed by atoms with van der Waals surface area (Å²) in [4.78, 5) is 25.9. The first kappa shape index (κ1) is 18.0. The summed E-state index contributed by atoms with van der Waals surface area (Å²) in [6.07, 6.45) is 0. The van der Waals surface area contributed by atoms with Crippen molar-refractivity contribution >= 4 is 33.4 Å². The van der Waals surface area contributed by atoms with E-state index in [0.717, 1.165) is 15.7 Å². The topological polar surface area (TPSA) is 58.6 Å². The van der Waals surface area contributed by atoms with Crippen molar-refractivity contribution in [2.24, 2.45) is 0 Å². The molecule has 1 N–H and O–H groups in total. The lowest BCUT2D eigenvalue weighted by atomic mass is 10.2. The first-order valence-electron chi connectivity index (χ1n) is 7.36. The van der Waals surface area contributed by atoms with E-state index in [2.05, 4.69) is 21.2 Å². The molecule has 0 fully saturated rings. The van der Waals surface area contributed by atoms with Crippen molar-refractivity contribution in [3.05, 3.63) is 58.1 Å². The van der Waals surface area contributed by atoms with Crippen molar-refractivity contribution in [1.29, 1.82) is 0 Å². The van der Waals surface area contributed by atoms with Gasteiger partial charge in [0, 0.05) is 22.8 Å². The van der Waals surface area contributed by atoms with Gasteiger partial charge in [-0.3, -0.25) is 9.59 Å². The number of hydrogen-bond donors (Lipinski definition) is 1. The Balaban J connectivity index is 2.01. The van der Waals surface area contributed by atoms with Gasteiger partial charge in [0.05, 0.1) is 13.7 Å². The van der Waals surface area contributed by atoms with Gasteiger partial charge in [0.15, 0.2) is 0 Å². The van der Waals surface area contributed by atoms with E-state index in [-0.39, 0.29) is 18.4 Å². The van der Waals surface area contributed by atoms with Gasteiger partial charge in [0.1, 0.15) is 5.75 Å². The van der Waals surface area contributed by atoms with Crippen LogP contribution >= 0.6 is 15.9 Å². The summed E-state index contributed by atoms with van der Waals surface area (Å²) >= 11 is 3.38. The highest BCUT2D eigenvalue weighted by Gasteiger charge is 2.16. The van der Waals surface area contributed by atoms with Crippen molar-refractivity contribution in [3.63, 3.8) is 0 Å². The summed E-state index contributed by atoms with van der Waals surface area (Å²) < 4.78 is 6.06. The lowest BCUT2D eigenvalue weighted by Gasteiger charge is -2.18. The maximum absolute atomic E-state index is 12.4. The number of carbonyl (C=O) groups is 2. The van der Waals surface area contributed by atoms with Crippen LogP contribution < -0.4 is 10.1 Å². The van der Waals surface area contributed by atoms with Gasteiger partial charge in [-0.25, -0.2) is 0 Å². The van der Waals surface area contributed by atoms with Crippen LogP contribution in [-0.2, 0) is 4.79 Å². The molecule has 0 saturated carbocycles. The van der Waals surface area contributed by atoms with Crippen LogP contribution in [0, 0.1) is 6.92 Å². The Morgan fingerprint density at radius 1 is 1.21 bits per heavy atom. The molecular weight excluding hydrogens is 372 g/mol. The Morgan fingerprint density at radius 3 is 2.62 bits per heavy atom. The van der Waals surface area contributed by atoms with Gasteiger partial charge in [-0.2, -0.15) is 0 Å². The minimum atomic E-state index is -0.251. The number of likely N-dealkylation sites (N-methyl/N-ethyl adjacent to an activating group) is 1. The van der Waals surface area contributed by atoms with Crippen molar-refractivity contribution in [1.82, 2.24) is 4.90 Å². The molecule has 0 aromatic heterocycles. The zero-order valence-corrected chi connectivity index (χ0v) is 15.4. The van der Waals surface area contributed by atoms with Gasteiger partial charge in [-0.1, -0.05) is 22.0 Å². The highest BCUT2D eigenvalue weighted by atomic mass is 79.9. The van der Waals surface area contributed by atoms with Crippen LogP contribution in [0.2, 0.25) is 0 Å². The molecule has 0 aliphatic carbocycles. The van der Waals surface area contributed by atoms with E-state index < -0.39 is 0 Å². The lowest BCUT2D eigenvalue weighted by molar-refractivity contribution is -0.116. The van der Waals surface area contributed by atoms with Gasteiger partial charge in [0.25, 0.3) is 5.91 Å². The van der Waals surface area contributed by atoms with Crippen LogP contribution in [0.4, 0.5) is 5.69 Å². The van der Waals surface area contributed by atoms with Gasteiger partial charge in [0.2, 0.25) is 5.91 Å². The average Bonchev–Trinajstić information content (AvgIpc) is 2.56. The third kappa shape index (κ3) is 4.58. The van der Waals surface area contributed by atoms with Crippen molar-refractivity contribution < 1.29 is 14.3 Å². The number of halogens is 1. The molecule has 0 heterocycles. The molecule has 2 amide bonds. The molecule has 0 bridgehead atoms. The van der Waals surface area contributed by atoms with E-state index >= 15 is 0 Å². The molecule has 0 aliphatic heterocycles. The third-order valence-electron chi connectivity index (χ3n) is 3.51. The number of ether oxygens (including phenoxy) is 1. The van der Waals surface area contributed by atoms with Gasteiger partial charge in [-0.05, 0) is 48.9 Å². The zero-order chi connectivity index (χ0) is 17.7. The highest BCUT2D eigenvalue weighted by Crippen LogP contribution is 2.20. The number of aryl methyl sites for hydroxylation is 1. The third-order valence-corrected chi connectivity index (χ3v) is 4.00. The second-order valence-electron chi connectivity index (χ2n) is 5.40. The number of nitrogens with zero attached hydrogens (tertiary/aromatic N) is 1. The largest absolute Gasteiger partial charge is 0.497 e. The van der Waals surface area contributed by atoms with Crippen molar-refractivity contribution in [2.75, 3.05) is 26.0 Å². The summed E-state index contributed by atoms with van der Waals surface area (Å²) in [7, 11) is 3.14. The zero-order valence-electron chi connectivity index (χ0n) is 13.8. The molecule has 0 unspecified atom stereocenters. The Labute approximate surface area is 149 Å². The number of benzene rings is 2. The molecular formula is C18H19BrN2O3. The predicted octanol–water partition coefficient (Wildman–Crippen LogP) is 3.48. The molecule has 24 heavy (non-hydrogen) atoms. The second-order valence-corrected chi connectivity index (χ2v) is 6.32. The summed E-state index contributed by atoms with van der Waals surface area (Å²) in [5, 5.41) is 2.82. The van der Waals surface area contributed by atoms with Crippen LogP contribution in [0.1, 0.15) is 15.9 Å². The molecule has 0 radical (unpaired) electrons. The molecule has 2 aromatic rings. The number of rotatable bonds is 5. The van der Waals surface area contributed by atoms with Crippen LogP contribution in [0.3, 0.4) is 0 Å². The SMILES string of the molecule is COc1cccc(C(=O)N(C)CC(=O)Nc2ccc(Br)cc2C)c1. The number of anilines is 1. The van der Waals surface area contributed by atoms with Gasteiger partial charge in [-0.15, -0.1) is 0 Å². The van der Waals surface area contributed by atoms with E-state index in [1.807, 2.05) is 25.1 Å². The number of amides is 2. The predicted molar refractivity (Wildman–Crippen MR) is 97.5 cm³/mol. The molecule has 2 aromatic carbocycles. The maximum Gasteiger partial charge on any atom is 0.254 e. The highest BCUT2D eigenvalue weighted by molar-refractivity contribution is 9.10. The summed E-state index contributed by atoms with van der Waals surface area (Å²) in [6, 6.07) is 12.4. The first-order valence-corrected chi connectivity index (χ1v) is 8.15. The van der Waals surface area contributed by atoms with E-state index in [1.165, 1.54) is 4.90 Å². The van der Waals surface area contributed by atoms with Crippen molar-refractivity contribution in [2.45, 2.75) is 6.92 Å². The maximum atomic E-state index is 12.4. The molecule has 126 valence electrons. The number of hydrogen-bond acceptors (Lipinski definition) is 3. The first-order chi connectivity index (χ1) is 11.4. The number of nitrogens with one attached hydrogen (secondary N) is 1. The van der Waals surface area contributed by atoms with E-state index in [0.29, 0.717) is 11.3 Å². The Hall–Kier alpha value is -2.34. The number of carbonyl (C=O) groups excluding carboxylic acids is 2. The van der Waals surface area contributed by atoms with Crippen LogP contribution in [0.5, 0.6) is 5.75 Å². The standard InChI is InChI=1S/C18H19BrN2O3/c1-12-9-14(19)7-8-16(12)20-17(22)11-21(2)18(23)13-5-4-6-15(10-13)24-3/h4-10H,11H2,1-3H3,(H,20,22).